The van der Waals surface area contributed by atoms with Crippen molar-refractivity contribution >= 4 is 23.7 Å². The number of likely N-dealkylation sites (N-methyl/N-ethyl adjacent to an activating group) is 2. The van der Waals surface area contributed by atoms with E-state index >= 15 is 0 Å². The SMILES string of the molecule is CC(=C[C@H](C(C)C)N(C)C(=O)[C@@H](NC(=O)C1CCCCN1C)C(C)C)C(=O)N1CCC[C@H]1C(=O)OC(C)C. The van der Waals surface area contributed by atoms with Gasteiger partial charge in [-0.1, -0.05) is 40.2 Å². The van der Waals surface area contributed by atoms with Crippen LogP contribution in [0.5, 0.6) is 0 Å². The number of carbonyl (C=O) groups is 4. The molecule has 0 radical (unpaired) electrons. The summed E-state index contributed by atoms with van der Waals surface area (Å²) in [5.41, 5.74) is 0.488. The lowest BCUT2D eigenvalue weighted by atomic mass is 9.96. The molecule has 0 saturated carbocycles. The van der Waals surface area contributed by atoms with Gasteiger partial charge < -0.3 is 19.9 Å². The number of esters is 1. The van der Waals surface area contributed by atoms with Crippen molar-refractivity contribution in [1.82, 2.24) is 20.0 Å². The Bertz CT molecular complexity index is 884. The van der Waals surface area contributed by atoms with Crippen LogP contribution >= 0.6 is 0 Å². The van der Waals surface area contributed by atoms with Crippen LogP contribution in [0.3, 0.4) is 0 Å². The quantitative estimate of drug-likeness (QED) is 0.342. The summed E-state index contributed by atoms with van der Waals surface area (Å²) in [6, 6.07) is -1.82. The highest BCUT2D eigenvalue weighted by Gasteiger charge is 2.37. The van der Waals surface area contributed by atoms with Crippen LogP contribution in [0.15, 0.2) is 11.6 Å². The number of likely N-dealkylation sites (tertiary alicyclic amines) is 2. The minimum absolute atomic E-state index is 0.0278. The summed E-state index contributed by atoms with van der Waals surface area (Å²) in [7, 11) is 3.68. The Morgan fingerprint density at radius 2 is 1.55 bits per heavy atom. The molecule has 2 saturated heterocycles. The molecule has 1 unspecified atom stereocenters. The third-order valence-electron chi connectivity index (χ3n) is 7.68. The van der Waals surface area contributed by atoms with Crippen LogP contribution in [0.25, 0.3) is 0 Å². The van der Waals surface area contributed by atoms with Crippen LogP contribution in [0.4, 0.5) is 0 Å². The van der Waals surface area contributed by atoms with Crippen molar-refractivity contribution in [2.45, 2.75) is 111 Å². The lowest BCUT2D eigenvalue weighted by molar-refractivity contribution is -0.155. The minimum atomic E-state index is -0.665. The standard InChI is InChI=1S/C29H50N4O5/c1-18(2)24(17-21(7)27(35)33-16-12-14-23(33)29(37)38-20(5)6)32(9)28(36)25(19(3)4)30-26(34)22-13-10-11-15-31(22)8/h17-20,22-25H,10-16H2,1-9H3,(H,30,34)/t22?,23-,24+,25-/m0/s1. The largest absolute Gasteiger partial charge is 0.461 e. The smallest absolute Gasteiger partial charge is 0.329 e. The van der Waals surface area contributed by atoms with Gasteiger partial charge in [-0.3, -0.25) is 19.3 Å². The molecule has 9 heteroatoms. The van der Waals surface area contributed by atoms with Gasteiger partial charge in [0.05, 0.1) is 18.2 Å². The number of nitrogens with one attached hydrogen (secondary N) is 1. The number of nitrogens with zero attached hydrogens (tertiary/aromatic N) is 3. The molecule has 4 atom stereocenters. The van der Waals surface area contributed by atoms with E-state index in [0.29, 0.717) is 18.5 Å². The molecule has 9 nitrogen and oxygen atoms in total. The number of carbonyl (C=O) groups excluding carboxylic acids is 4. The van der Waals surface area contributed by atoms with E-state index in [2.05, 4.69) is 10.2 Å². The number of piperidine rings is 1. The van der Waals surface area contributed by atoms with E-state index in [4.69, 9.17) is 4.74 Å². The molecule has 0 aliphatic carbocycles. The lowest BCUT2D eigenvalue weighted by Crippen LogP contribution is -2.57. The maximum Gasteiger partial charge on any atom is 0.329 e. The third-order valence-corrected chi connectivity index (χ3v) is 7.68. The topological polar surface area (TPSA) is 99.3 Å². The van der Waals surface area contributed by atoms with Crippen molar-refractivity contribution in [3.05, 3.63) is 11.6 Å². The summed E-state index contributed by atoms with van der Waals surface area (Å²) in [6.45, 7) is 14.6. The normalized spacial score (nSPS) is 22.5. The predicted molar refractivity (Wildman–Crippen MR) is 148 cm³/mol. The molecular formula is C29H50N4O5. The second-order valence-corrected chi connectivity index (χ2v) is 11.9. The molecule has 216 valence electrons. The Labute approximate surface area is 229 Å². The van der Waals surface area contributed by atoms with Gasteiger partial charge in [-0.15, -0.1) is 0 Å². The molecule has 2 rings (SSSR count). The van der Waals surface area contributed by atoms with Gasteiger partial charge in [0.2, 0.25) is 17.7 Å². The summed E-state index contributed by atoms with van der Waals surface area (Å²) in [4.78, 5) is 58.0. The summed E-state index contributed by atoms with van der Waals surface area (Å²) in [6.07, 6.45) is 5.78. The average molecular weight is 535 g/mol. The summed E-state index contributed by atoms with van der Waals surface area (Å²) in [5, 5.41) is 3.03. The van der Waals surface area contributed by atoms with E-state index in [0.717, 1.165) is 32.2 Å². The van der Waals surface area contributed by atoms with Gasteiger partial charge in [-0.05, 0) is 71.9 Å². The highest BCUT2D eigenvalue weighted by Crippen LogP contribution is 2.23. The molecular weight excluding hydrogens is 484 g/mol. The van der Waals surface area contributed by atoms with Crippen LogP contribution in [-0.2, 0) is 23.9 Å². The zero-order chi connectivity index (χ0) is 28.7. The fraction of sp³-hybridized carbons (Fsp3) is 0.793. The molecule has 0 aromatic heterocycles. The Kier molecular flexibility index (Phi) is 11.8. The number of ether oxygens (including phenoxy) is 1. The van der Waals surface area contributed by atoms with E-state index in [1.807, 2.05) is 40.8 Å². The Morgan fingerprint density at radius 3 is 2.11 bits per heavy atom. The van der Waals surface area contributed by atoms with Crippen LogP contribution < -0.4 is 5.32 Å². The van der Waals surface area contributed by atoms with Crippen molar-refractivity contribution in [2.75, 3.05) is 27.2 Å². The Hall–Kier alpha value is -2.42. The molecule has 38 heavy (non-hydrogen) atoms. The molecule has 2 aliphatic heterocycles. The first-order valence-corrected chi connectivity index (χ1v) is 14.2. The van der Waals surface area contributed by atoms with E-state index in [-0.39, 0.29) is 53.7 Å². The second-order valence-electron chi connectivity index (χ2n) is 11.9. The Morgan fingerprint density at radius 1 is 0.921 bits per heavy atom. The first-order chi connectivity index (χ1) is 17.8. The van der Waals surface area contributed by atoms with Crippen molar-refractivity contribution in [3.8, 4) is 0 Å². The lowest BCUT2D eigenvalue weighted by Gasteiger charge is -2.36. The van der Waals surface area contributed by atoms with Gasteiger partial charge in [0.25, 0.3) is 0 Å². The van der Waals surface area contributed by atoms with Crippen LogP contribution in [0, 0.1) is 11.8 Å². The number of amides is 3. The fourth-order valence-corrected chi connectivity index (χ4v) is 5.41. The Balaban J connectivity index is 2.19. The summed E-state index contributed by atoms with van der Waals surface area (Å²) >= 11 is 0. The molecule has 2 heterocycles. The van der Waals surface area contributed by atoms with Gasteiger partial charge in [0, 0.05) is 19.2 Å². The van der Waals surface area contributed by atoms with Gasteiger partial charge in [0.1, 0.15) is 12.1 Å². The maximum absolute atomic E-state index is 13.7. The van der Waals surface area contributed by atoms with Crippen LogP contribution in [0.2, 0.25) is 0 Å². The van der Waals surface area contributed by atoms with Gasteiger partial charge in [0.15, 0.2) is 0 Å². The molecule has 0 aromatic rings. The predicted octanol–water partition coefficient (Wildman–Crippen LogP) is 2.98. The molecule has 3 amide bonds. The highest BCUT2D eigenvalue weighted by molar-refractivity contribution is 5.96. The minimum Gasteiger partial charge on any atom is -0.461 e. The zero-order valence-electron chi connectivity index (χ0n) is 25.0. The molecule has 0 aromatic carbocycles. The second kappa shape index (κ2) is 14.1. The number of hydrogen-bond donors (Lipinski definition) is 1. The van der Waals surface area contributed by atoms with Crippen LogP contribution in [0.1, 0.15) is 80.6 Å². The number of rotatable bonds is 10. The fourth-order valence-electron chi connectivity index (χ4n) is 5.41. The van der Waals surface area contributed by atoms with Crippen LogP contribution in [-0.4, -0.2) is 95.8 Å². The number of hydrogen-bond acceptors (Lipinski definition) is 6. The van der Waals surface area contributed by atoms with Gasteiger partial charge in [-0.2, -0.15) is 0 Å². The maximum atomic E-state index is 13.7. The summed E-state index contributed by atoms with van der Waals surface area (Å²) < 4.78 is 5.37. The van der Waals surface area contributed by atoms with Crippen molar-refractivity contribution < 1.29 is 23.9 Å². The van der Waals surface area contributed by atoms with E-state index in [1.165, 1.54) is 0 Å². The van der Waals surface area contributed by atoms with Crippen molar-refractivity contribution in [2.24, 2.45) is 11.8 Å². The van der Waals surface area contributed by atoms with E-state index < -0.39 is 12.1 Å². The molecule has 0 spiro atoms. The molecule has 2 fully saturated rings. The summed E-state index contributed by atoms with van der Waals surface area (Å²) in [5.74, 6) is -0.940. The first-order valence-electron chi connectivity index (χ1n) is 14.2. The highest BCUT2D eigenvalue weighted by atomic mass is 16.5. The van der Waals surface area contributed by atoms with E-state index in [9.17, 15) is 19.2 Å². The average Bonchev–Trinajstić information content (AvgIpc) is 3.34. The third kappa shape index (κ3) is 8.04. The molecule has 0 bridgehead atoms. The monoisotopic (exact) mass is 534 g/mol. The van der Waals surface area contributed by atoms with Gasteiger partial charge >= 0.3 is 5.97 Å². The van der Waals surface area contributed by atoms with Crippen molar-refractivity contribution in [3.63, 3.8) is 0 Å². The molecule has 2 aliphatic rings. The van der Waals surface area contributed by atoms with Gasteiger partial charge in [-0.25, -0.2) is 4.79 Å². The first kappa shape index (κ1) is 31.8. The molecule has 1 N–H and O–H groups in total. The van der Waals surface area contributed by atoms with E-state index in [1.54, 1.807) is 37.6 Å². The van der Waals surface area contributed by atoms with Crippen molar-refractivity contribution in [1.29, 1.82) is 0 Å². The zero-order valence-corrected chi connectivity index (χ0v) is 25.0.